The molecule has 112 valence electrons. The molecule has 1 unspecified atom stereocenters. The van der Waals surface area contributed by atoms with Crippen LogP contribution < -0.4 is 5.32 Å². The molecule has 2 nitrogen and oxygen atoms in total. The molecule has 1 aliphatic heterocycles. The Morgan fingerprint density at radius 2 is 2.25 bits per heavy atom. The van der Waals surface area contributed by atoms with Gasteiger partial charge < -0.3 is 10.1 Å². The molecule has 1 aromatic carbocycles. The van der Waals surface area contributed by atoms with Gasteiger partial charge in [-0.1, -0.05) is 47.4 Å². The van der Waals surface area contributed by atoms with Gasteiger partial charge in [0.05, 0.1) is 6.61 Å². The van der Waals surface area contributed by atoms with Crippen LogP contribution in [-0.4, -0.2) is 25.8 Å². The van der Waals surface area contributed by atoms with E-state index in [-0.39, 0.29) is 5.41 Å². The van der Waals surface area contributed by atoms with Gasteiger partial charge in [-0.05, 0) is 37.0 Å². The molecule has 1 heterocycles. The van der Waals surface area contributed by atoms with Crippen molar-refractivity contribution in [3.05, 3.63) is 33.3 Å². The summed E-state index contributed by atoms with van der Waals surface area (Å²) in [7, 11) is 0. The van der Waals surface area contributed by atoms with E-state index in [1.54, 1.807) is 0 Å². The first-order valence-corrected chi connectivity index (χ1v) is 8.43. The summed E-state index contributed by atoms with van der Waals surface area (Å²) >= 11 is 9.85. The Hall–Kier alpha value is -0.0900. The van der Waals surface area contributed by atoms with Crippen LogP contribution in [0.15, 0.2) is 22.7 Å². The summed E-state index contributed by atoms with van der Waals surface area (Å²) in [5, 5.41) is 4.42. The molecule has 0 aromatic heterocycles. The fraction of sp³-hybridized carbons (Fsp3) is 0.625. The fourth-order valence-corrected chi connectivity index (χ4v) is 3.48. The summed E-state index contributed by atoms with van der Waals surface area (Å²) in [4.78, 5) is 0. The molecule has 0 bridgehead atoms. The summed E-state index contributed by atoms with van der Waals surface area (Å²) in [5.74, 6) is 0. The Kier molecular flexibility index (Phi) is 5.91. The van der Waals surface area contributed by atoms with Crippen molar-refractivity contribution in [3.63, 3.8) is 0 Å². The first-order chi connectivity index (χ1) is 9.51. The van der Waals surface area contributed by atoms with Crippen LogP contribution in [0.3, 0.4) is 0 Å². The number of halogens is 2. The van der Waals surface area contributed by atoms with Crippen molar-refractivity contribution in [2.24, 2.45) is 5.41 Å². The summed E-state index contributed by atoms with van der Waals surface area (Å²) in [6.07, 6.45) is 3.30. The van der Waals surface area contributed by atoms with Gasteiger partial charge >= 0.3 is 0 Å². The number of hydrogen-bond donors (Lipinski definition) is 1. The Labute approximate surface area is 135 Å². The highest BCUT2D eigenvalue weighted by Gasteiger charge is 2.33. The molecular weight excluding hydrogens is 338 g/mol. The second-order valence-electron chi connectivity index (χ2n) is 6.10. The SMILES string of the molecule is CC(C)NCC1(Cc2ccc(Br)cc2Cl)CCCOC1. The van der Waals surface area contributed by atoms with E-state index in [1.807, 2.05) is 6.07 Å². The first-order valence-electron chi connectivity index (χ1n) is 7.26. The van der Waals surface area contributed by atoms with Crippen LogP contribution in [0.2, 0.25) is 5.02 Å². The van der Waals surface area contributed by atoms with Crippen LogP contribution >= 0.6 is 27.5 Å². The molecule has 1 fully saturated rings. The predicted molar refractivity (Wildman–Crippen MR) is 88.5 cm³/mol. The van der Waals surface area contributed by atoms with Crippen LogP contribution in [0, 0.1) is 5.41 Å². The number of ether oxygens (including phenoxy) is 1. The van der Waals surface area contributed by atoms with Gasteiger partial charge in [-0.15, -0.1) is 0 Å². The molecule has 1 N–H and O–H groups in total. The van der Waals surface area contributed by atoms with Gasteiger partial charge in [0.25, 0.3) is 0 Å². The summed E-state index contributed by atoms with van der Waals surface area (Å²) in [6, 6.07) is 6.66. The zero-order valence-corrected chi connectivity index (χ0v) is 14.6. The second kappa shape index (κ2) is 7.26. The molecule has 2 rings (SSSR count). The number of nitrogens with one attached hydrogen (secondary N) is 1. The van der Waals surface area contributed by atoms with Crippen LogP contribution in [0.25, 0.3) is 0 Å². The molecule has 0 aliphatic carbocycles. The Morgan fingerprint density at radius 3 is 2.85 bits per heavy atom. The van der Waals surface area contributed by atoms with Crippen molar-refractivity contribution in [3.8, 4) is 0 Å². The van der Waals surface area contributed by atoms with Gasteiger partial charge in [-0.2, -0.15) is 0 Å². The van der Waals surface area contributed by atoms with Gasteiger partial charge in [0.1, 0.15) is 0 Å². The summed E-state index contributed by atoms with van der Waals surface area (Å²) in [5.41, 5.74) is 1.38. The zero-order chi connectivity index (χ0) is 14.6. The standard InChI is InChI=1S/C16H23BrClNO/c1-12(2)19-10-16(6-3-7-20-11-16)9-13-4-5-14(17)8-15(13)18/h4-5,8,12,19H,3,6-7,9-11H2,1-2H3. The van der Waals surface area contributed by atoms with Crippen molar-refractivity contribution < 1.29 is 4.74 Å². The fourth-order valence-electron chi connectivity index (χ4n) is 2.74. The third kappa shape index (κ3) is 4.45. The van der Waals surface area contributed by atoms with E-state index < -0.39 is 0 Å². The second-order valence-corrected chi connectivity index (χ2v) is 7.43. The van der Waals surface area contributed by atoms with E-state index in [0.29, 0.717) is 6.04 Å². The smallest absolute Gasteiger partial charge is 0.0537 e. The highest BCUT2D eigenvalue weighted by Crippen LogP contribution is 2.35. The average Bonchev–Trinajstić information content (AvgIpc) is 2.41. The zero-order valence-electron chi connectivity index (χ0n) is 12.2. The van der Waals surface area contributed by atoms with Gasteiger partial charge in [0.2, 0.25) is 0 Å². The first kappa shape index (κ1) is 16.3. The molecule has 0 spiro atoms. The normalized spacial score (nSPS) is 23.2. The number of benzene rings is 1. The summed E-state index contributed by atoms with van der Waals surface area (Å²) in [6.45, 7) is 7.06. The van der Waals surface area contributed by atoms with Gasteiger partial charge in [0.15, 0.2) is 0 Å². The minimum Gasteiger partial charge on any atom is -0.381 e. The van der Waals surface area contributed by atoms with E-state index in [9.17, 15) is 0 Å². The Bertz CT molecular complexity index is 444. The molecule has 1 aliphatic rings. The number of rotatable bonds is 5. The van der Waals surface area contributed by atoms with Crippen LogP contribution in [0.5, 0.6) is 0 Å². The molecule has 20 heavy (non-hydrogen) atoms. The molecule has 1 saturated heterocycles. The molecule has 0 saturated carbocycles. The monoisotopic (exact) mass is 359 g/mol. The molecule has 4 heteroatoms. The van der Waals surface area contributed by atoms with E-state index in [1.165, 1.54) is 12.0 Å². The molecular formula is C16H23BrClNO. The van der Waals surface area contributed by atoms with Crippen molar-refractivity contribution in [2.75, 3.05) is 19.8 Å². The largest absolute Gasteiger partial charge is 0.381 e. The van der Waals surface area contributed by atoms with E-state index in [2.05, 4.69) is 47.2 Å². The van der Waals surface area contributed by atoms with E-state index in [4.69, 9.17) is 16.3 Å². The maximum absolute atomic E-state index is 6.38. The highest BCUT2D eigenvalue weighted by molar-refractivity contribution is 9.10. The van der Waals surface area contributed by atoms with Gasteiger partial charge in [-0.3, -0.25) is 0 Å². The van der Waals surface area contributed by atoms with Crippen molar-refractivity contribution in [2.45, 2.75) is 39.2 Å². The maximum atomic E-state index is 6.38. The van der Waals surface area contributed by atoms with Gasteiger partial charge in [-0.25, -0.2) is 0 Å². The quantitative estimate of drug-likeness (QED) is 0.838. The van der Waals surface area contributed by atoms with Crippen molar-refractivity contribution in [1.82, 2.24) is 5.32 Å². The maximum Gasteiger partial charge on any atom is 0.0537 e. The molecule has 1 atom stereocenters. The van der Waals surface area contributed by atoms with Crippen LogP contribution in [0.4, 0.5) is 0 Å². The Morgan fingerprint density at radius 1 is 1.45 bits per heavy atom. The molecule has 1 aromatic rings. The third-order valence-corrected chi connectivity index (χ3v) is 4.72. The topological polar surface area (TPSA) is 21.3 Å². The minimum absolute atomic E-state index is 0.167. The van der Waals surface area contributed by atoms with E-state index in [0.717, 1.165) is 42.1 Å². The molecule has 0 radical (unpaired) electrons. The van der Waals surface area contributed by atoms with Crippen LogP contribution in [0.1, 0.15) is 32.3 Å². The van der Waals surface area contributed by atoms with Crippen molar-refractivity contribution in [1.29, 1.82) is 0 Å². The summed E-state index contributed by atoms with van der Waals surface area (Å²) < 4.78 is 6.79. The Balaban J connectivity index is 2.14. The average molecular weight is 361 g/mol. The van der Waals surface area contributed by atoms with Crippen molar-refractivity contribution >= 4 is 27.5 Å². The lowest BCUT2D eigenvalue weighted by Gasteiger charge is -2.38. The number of hydrogen-bond acceptors (Lipinski definition) is 2. The molecule has 0 amide bonds. The lowest BCUT2D eigenvalue weighted by atomic mass is 9.77. The third-order valence-electron chi connectivity index (χ3n) is 3.87. The van der Waals surface area contributed by atoms with E-state index >= 15 is 0 Å². The predicted octanol–water partition coefficient (Wildman–Crippen LogP) is 4.44. The van der Waals surface area contributed by atoms with Crippen LogP contribution in [-0.2, 0) is 11.2 Å². The highest BCUT2D eigenvalue weighted by atomic mass is 79.9. The lowest BCUT2D eigenvalue weighted by Crippen LogP contribution is -2.44. The minimum atomic E-state index is 0.167. The lowest BCUT2D eigenvalue weighted by molar-refractivity contribution is -0.00801. The van der Waals surface area contributed by atoms with Gasteiger partial charge in [0, 0.05) is 34.1 Å².